The molecular weight excluding hydrogens is 242 g/mol. The smallest absolute Gasteiger partial charge is 0.270 e. The van der Waals surface area contributed by atoms with Crippen LogP contribution in [0.25, 0.3) is 0 Å². The topological polar surface area (TPSA) is 61.8 Å². The highest BCUT2D eigenvalue weighted by molar-refractivity contribution is 6.39. The molecule has 19 heavy (non-hydrogen) atoms. The van der Waals surface area contributed by atoms with E-state index >= 15 is 0 Å². The minimum atomic E-state index is -0.125. The Kier molecular flexibility index (Phi) is 3.03. The molecule has 0 saturated carbocycles. The van der Waals surface area contributed by atoms with Crippen LogP contribution < -0.4 is 5.43 Å². The number of fused-ring (bicyclic) bond motifs is 1. The molecule has 3 rings (SSSR count). The zero-order valence-corrected chi connectivity index (χ0v) is 10.6. The van der Waals surface area contributed by atoms with Crippen LogP contribution in [0, 0.1) is 0 Å². The number of rotatable bonds is 1. The number of carbonyl (C=O) groups is 2. The van der Waals surface area contributed by atoms with Gasteiger partial charge in [-0.15, -0.1) is 0 Å². The van der Waals surface area contributed by atoms with Gasteiger partial charge in [-0.1, -0.05) is 24.3 Å². The van der Waals surface area contributed by atoms with E-state index in [-0.39, 0.29) is 11.8 Å². The third-order valence-corrected chi connectivity index (χ3v) is 3.57. The fourth-order valence-corrected chi connectivity index (χ4v) is 2.48. The number of hydrogen-bond donors (Lipinski definition) is 1. The van der Waals surface area contributed by atoms with E-state index < -0.39 is 0 Å². The van der Waals surface area contributed by atoms with Gasteiger partial charge >= 0.3 is 0 Å². The quantitative estimate of drug-likeness (QED) is 0.810. The molecule has 1 aromatic rings. The number of carbonyl (C=O) groups excluding carboxylic acids is 2. The first-order valence-corrected chi connectivity index (χ1v) is 6.45. The van der Waals surface area contributed by atoms with Crippen LogP contribution >= 0.6 is 0 Å². The van der Waals surface area contributed by atoms with Crippen LogP contribution in [0.5, 0.6) is 0 Å². The Labute approximate surface area is 111 Å². The van der Waals surface area contributed by atoms with Crippen molar-refractivity contribution in [3.8, 4) is 0 Å². The van der Waals surface area contributed by atoms with E-state index in [1.54, 1.807) is 4.90 Å². The maximum Gasteiger partial charge on any atom is 0.270 e. The maximum atomic E-state index is 12.3. The van der Waals surface area contributed by atoms with Gasteiger partial charge in [-0.2, -0.15) is 5.10 Å². The lowest BCUT2D eigenvalue weighted by Gasteiger charge is -2.29. The predicted octanol–water partition coefficient (Wildman–Crippen LogP) is 0.837. The van der Waals surface area contributed by atoms with Crippen LogP contribution in [0.3, 0.4) is 0 Å². The van der Waals surface area contributed by atoms with Gasteiger partial charge in [-0.05, 0) is 17.5 Å². The van der Waals surface area contributed by atoms with Crippen LogP contribution in [0.1, 0.15) is 24.0 Å². The number of amides is 2. The lowest BCUT2D eigenvalue weighted by Crippen LogP contribution is -2.42. The fourth-order valence-electron chi connectivity index (χ4n) is 2.48. The second-order valence-corrected chi connectivity index (χ2v) is 4.84. The summed E-state index contributed by atoms with van der Waals surface area (Å²) in [4.78, 5) is 25.1. The summed E-state index contributed by atoms with van der Waals surface area (Å²) < 4.78 is 0. The van der Waals surface area contributed by atoms with Gasteiger partial charge in [0.25, 0.3) is 5.91 Å². The van der Waals surface area contributed by atoms with E-state index in [9.17, 15) is 9.59 Å². The molecule has 0 saturated heterocycles. The molecule has 1 N–H and O–H groups in total. The number of nitrogens with zero attached hydrogens (tertiary/aromatic N) is 2. The second-order valence-electron chi connectivity index (χ2n) is 4.84. The first kappa shape index (κ1) is 11.9. The number of hydrogen-bond acceptors (Lipinski definition) is 3. The van der Waals surface area contributed by atoms with Gasteiger partial charge in [0.05, 0.1) is 0 Å². The molecule has 0 spiro atoms. The number of nitrogens with one attached hydrogen (secondary N) is 1. The molecule has 5 nitrogen and oxygen atoms in total. The van der Waals surface area contributed by atoms with E-state index in [0.29, 0.717) is 31.6 Å². The first-order chi connectivity index (χ1) is 9.24. The molecule has 2 aliphatic heterocycles. The minimum absolute atomic E-state index is 0.0606. The van der Waals surface area contributed by atoms with Crippen LogP contribution in [0.15, 0.2) is 29.4 Å². The lowest BCUT2D eigenvalue weighted by atomic mass is 9.99. The van der Waals surface area contributed by atoms with Gasteiger partial charge in [0.15, 0.2) is 0 Å². The average Bonchev–Trinajstić information content (AvgIpc) is 2.47. The summed E-state index contributed by atoms with van der Waals surface area (Å²) >= 11 is 0. The van der Waals surface area contributed by atoms with Gasteiger partial charge in [0.1, 0.15) is 5.71 Å². The Balaban J connectivity index is 1.74. The molecule has 98 valence electrons. The van der Waals surface area contributed by atoms with Crippen molar-refractivity contribution in [3.63, 3.8) is 0 Å². The van der Waals surface area contributed by atoms with E-state index in [0.717, 1.165) is 6.42 Å². The highest BCUT2D eigenvalue weighted by Gasteiger charge is 2.26. The SMILES string of the molecule is O=C1CCC(C(=O)N2CCc3ccccc3C2)=NN1. The molecule has 0 aromatic heterocycles. The minimum Gasteiger partial charge on any atom is -0.333 e. The highest BCUT2D eigenvalue weighted by Crippen LogP contribution is 2.19. The first-order valence-electron chi connectivity index (χ1n) is 6.45. The fraction of sp³-hybridized carbons (Fsp3) is 0.357. The van der Waals surface area contributed by atoms with Crippen molar-refractivity contribution in [2.45, 2.75) is 25.8 Å². The van der Waals surface area contributed by atoms with E-state index in [4.69, 9.17) is 0 Å². The highest BCUT2D eigenvalue weighted by atomic mass is 16.2. The van der Waals surface area contributed by atoms with Crippen molar-refractivity contribution in [1.82, 2.24) is 10.3 Å². The van der Waals surface area contributed by atoms with Crippen LogP contribution in [0.2, 0.25) is 0 Å². The van der Waals surface area contributed by atoms with Crippen LogP contribution in [0.4, 0.5) is 0 Å². The van der Waals surface area contributed by atoms with Crippen molar-refractivity contribution < 1.29 is 9.59 Å². The molecule has 0 fully saturated rings. The summed E-state index contributed by atoms with van der Waals surface area (Å²) in [6, 6.07) is 8.18. The van der Waals surface area contributed by atoms with E-state index in [1.165, 1.54) is 11.1 Å². The van der Waals surface area contributed by atoms with Crippen molar-refractivity contribution in [2.75, 3.05) is 6.54 Å². The largest absolute Gasteiger partial charge is 0.333 e. The Hall–Kier alpha value is -2.17. The van der Waals surface area contributed by atoms with Crippen molar-refractivity contribution in [1.29, 1.82) is 0 Å². The van der Waals surface area contributed by atoms with Gasteiger partial charge in [0, 0.05) is 25.9 Å². The maximum absolute atomic E-state index is 12.3. The molecule has 2 heterocycles. The summed E-state index contributed by atoms with van der Waals surface area (Å²) in [6.07, 6.45) is 1.65. The number of hydrazone groups is 1. The summed E-state index contributed by atoms with van der Waals surface area (Å²) in [5.74, 6) is -0.185. The van der Waals surface area contributed by atoms with Gasteiger partial charge in [-0.25, -0.2) is 5.43 Å². The van der Waals surface area contributed by atoms with Crippen molar-refractivity contribution in [3.05, 3.63) is 35.4 Å². The molecule has 0 bridgehead atoms. The van der Waals surface area contributed by atoms with Crippen LogP contribution in [-0.4, -0.2) is 29.0 Å². The second kappa shape index (κ2) is 4.84. The molecule has 0 unspecified atom stereocenters. The average molecular weight is 257 g/mol. The molecule has 2 amide bonds. The monoisotopic (exact) mass is 257 g/mol. The third kappa shape index (κ3) is 2.36. The molecule has 5 heteroatoms. The summed E-state index contributed by atoms with van der Waals surface area (Å²) in [7, 11) is 0. The molecule has 0 aliphatic carbocycles. The van der Waals surface area contributed by atoms with Crippen molar-refractivity contribution >= 4 is 17.5 Å². The van der Waals surface area contributed by atoms with E-state index in [1.807, 2.05) is 12.1 Å². The zero-order valence-electron chi connectivity index (χ0n) is 10.6. The Bertz CT molecular complexity index is 566. The number of benzene rings is 1. The summed E-state index contributed by atoms with van der Waals surface area (Å²) in [5.41, 5.74) is 5.34. The normalized spacial score (nSPS) is 18.4. The lowest BCUT2D eigenvalue weighted by molar-refractivity contribution is -0.125. The summed E-state index contributed by atoms with van der Waals surface area (Å²) in [6.45, 7) is 1.34. The molecule has 0 atom stereocenters. The standard InChI is InChI=1S/C14H15N3O2/c18-13-6-5-12(15-16-13)14(19)17-8-7-10-3-1-2-4-11(10)9-17/h1-4H,5-9H2,(H,16,18). The van der Waals surface area contributed by atoms with Gasteiger partial charge < -0.3 is 4.90 Å². The Morgan fingerprint density at radius 3 is 2.68 bits per heavy atom. The third-order valence-electron chi connectivity index (χ3n) is 3.57. The molecule has 0 radical (unpaired) electrons. The summed E-state index contributed by atoms with van der Waals surface area (Å²) in [5, 5.41) is 3.87. The van der Waals surface area contributed by atoms with E-state index in [2.05, 4.69) is 22.7 Å². The van der Waals surface area contributed by atoms with Crippen molar-refractivity contribution in [2.24, 2.45) is 5.10 Å². The predicted molar refractivity (Wildman–Crippen MR) is 70.4 cm³/mol. The van der Waals surface area contributed by atoms with Gasteiger partial charge in [-0.3, -0.25) is 9.59 Å². The molecular formula is C14H15N3O2. The zero-order chi connectivity index (χ0) is 13.2. The Morgan fingerprint density at radius 1 is 1.16 bits per heavy atom. The Morgan fingerprint density at radius 2 is 1.95 bits per heavy atom. The van der Waals surface area contributed by atoms with Crippen LogP contribution in [-0.2, 0) is 22.6 Å². The van der Waals surface area contributed by atoms with Gasteiger partial charge in [0.2, 0.25) is 5.91 Å². The molecule has 1 aromatic carbocycles. The molecule has 2 aliphatic rings.